The molecule has 0 aromatic heterocycles. The van der Waals surface area contributed by atoms with Crippen molar-refractivity contribution in [3.63, 3.8) is 0 Å². The van der Waals surface area contributed by atoms with Crippen LogP contribution in [0.25, 0.3) is 0 Å². The Morgan fingerprint density at radius 3 is 2.32 bits per heavy atom. The smallest absolute Gasteiger partial charge is 0.132 e. The first-order valence-corrected chi connectivity index (χ1v) is 7.01. The van der Waals surface area contributed by atoms with Gasteiger partial charge >= 0.3 is 0 Å². The fraction of sp³-hybridized carbons (Fsp3) is 0.188. The van der Waals surface area contributed by atoms with Gasteiger partial charge in [-0.05, 0) is 36.8 Å². The van der Waals surface area contributed by atoms with Crippen LogP contribution in [0.15, 0.2) is 59.1 Å². The van der Waals surface area contributed by atoms with Gasteiger partial charge in [0, 0.05) is 16.6 Å². The van der Waals surface area contributed by atoms with E-state index in [0.717, 1.165) is 15.7 Å². The van der Waals surface area contributed by atoms with E-state index in [0.29, 0.717) is 6.42 Å². The molecule has 3 heteroatoms. The maximum Gasteiger partial charge on any atom is 0.132 e. The Hall–Kier alpha value is -1.61. The average molecular weight is 318 g/mol. The number of para-hydroxylation sites is 1. The lowest BCUT2D eigenvalue weighted by molar-refractivity contribution is -0.117. The molecular formula is C16H16BrNO. The molecule has 19 heavy (non-hydrogen) atoms. The predicted molar refractivity (Wildman–Crippen MR) is 82.2 cm³/mol. The highest BCUT2D eigenvalue weighted by molar-refractivity contribution is 9.10. The SMILES string of the molecule is CC(=O)CC(Nc1ccccc1)c1ccc(Br)cc1. The number of hydrogen-bond acceptors (Lipinski definition) is 2. The first-order valence-electron chi connectivity index (χ1n) is 6.21. The minimum atomic E-state index is 0.00741. The molecule has 2 aromatic carbocycles. The summed E-state index contributed by atoms with van der Waals surface area (Å²) >= 11 is 3.42. The minimum Gasteiger partial charge on any atom is -0.378 e. The minimum absolute atomic E-state index is 0.00741. The van der Waals surface area contributed by atoms with Crippen LogP contribution in [0.1, 0.15) is 24.9 Å². The monoisotopic (exact) mass is 317 g/mol. The summed E-state index contributed by atoms with van der Waals surface area (Å²) in [5.74, 6) is 0.177. The van der Waals surface area contributed by atoms with Gasteiger partial charge in [0.25, 0.3) is 0 Å². The number of ketones is 1. The van der Waals surface area contributed by atoms with Crippen LogP contribution in [0.4, 0.5) is 5.69 Å². The average Bonchev–Trinajstić information content (AvgIpc) is 2.39. The fourth-order valence-electron chi connectivity index (χ4n) is 1.97. The van der Waals surface area contributed by atoms with Crippen molar-refractivity contribution >= 4 is 27.4 Å². The second-order valence-corrected chi connectivity index (χ2v) is 5.44. The number of carbonyl (C=O) groups excluding carboxylic acids is 1. The molecule has 98 valence electrons. The van der Waals surface area contributed by atoms with Gasteiger partial charge in [-0.25, -0.2) is 0 Å². The van der Waals surface area contributed by atoms with Gasteiger partial charge in [0.2, 0.25) is 0 Å². The van der Waals surface area contributed by atoms with Crippen molar-refractivity contribution in [2.45, 2.75) is 19.4 Å². The Morgan fingerprint density at radius 2 is 1.74 bits per heavy atom. The van der Waals surface area contributed by atoms with E-state index in [1.807, 2.05) is 54.6 Å². The molecule has 0 heterocycles. The molecule has 0 spiro atoms. The van der Waals surface area contributed by atoms with E-state index >= 15 is 0 Å². The van der Waals surface area contributed by atoms with Crippen LogP contribution in [0.3, 0.4) is 0 Å². The van der Waals surface area contributed by atoms with Crippen LogP contribution < -0.4 is 5.32 Å². The summed E-state index contributed by atoms with van der Waals surface area (Å²) in [5, 5.41) is 3.41. The molecule has 0 saturated heterocycles. The molecule has 0 fully saturated rings. The van der Waals surface area contributed by atoms with Crippen LogP contribution >= 0.6 is 15.9 Å². The van der Waals surface area contributed by atoms with E-state index in [9.17, 15) is 4.79 Å². The van der Waals surface area contributed by atoms with Crippen molar-refractivity contribution < 1.29 is 4.79 Å². The zero-order valence-corrected chi connectivity index (χ0v) is 12.4. The Morgan fingerprint density at radius 1 is 1.11 bits per heavy atom. The summed E-state index contributed by atoms with van der Waals surface area (Å²) in [5.41, 5.74) is 2.14. The van der Waals surface area contributed by atoms with E-state index in [-0.39, 0.29) is 11.8 Å². The highest BCUT2D eigenvalue weighted by Gasteiger charge is 2.13. The number of carbonyl (C=O) groups is 1. The van der Waals surface area contributed by atoms with E-state index in [4.69, 9.17) is 0 Å². The van der Waals surface area contributed by atoms with Crippen molar-refractivity contribution in [2.24, 2.45) is 0 Å². The van der Waals surface area contributed by atoms with Crippen LogP contribution in [0.5, 0.6) is 0 Å². The fourth-order valence-corrected chi connectivity index (χ4v) is 2.23. The third-order valence-electron chi connectivity index (χ3n) is 2.88. The predicted octanol–water partition coefficient (Wildman–Crippen LogP) is 4.58. The summed E-state index contributed by atoms with van der Waals surface area (Å²) < 4.78 is 1.04. The Bertz CT molecular complexity index is 536. The Kier molecular flexibility index (Phi) is 4.74. The molecule has 0 aliphatic rings. The van der Waals surface area contributed by atoms with Crippen molar-refractivity contribution in [3.8, 4) is 0 Å². The molecule has 0 amide bonds. The number of benzene rings is 2. The largest absolute Gasteiger partial charge is 0.378 e. The normalized spacial score (nSPS) is 11.9. The molecule has 2 nitrogen and oxygen atoms in total. The number of hydrogen-bond donors (Lipinski definition) is 1. The van der Waals surface area contributed by atoms with Crippen molar-refractivity contribution in [1.29, 1.82) is 0 Å². The summed E-state index contributed by atoms with van der Waals surface area (Å²) in [6.45, 7) is 1.62. The third kappa shape index (κ3) is 4.21. The molecule has 1 unspecified atom stereocenters. The molecule has 0 radical (unpaired) electrons. The van der Waals surface area contributed by atoms with Crippen LogP contribution in [-0.4, -0.2) is 5.78 Å². The standard InChI is InChI=1S/C16H16BrNO/c1-12(19)11-16(13-7-9-14(17)10-8-13)18-15-5-3-2-4-6-15/h2-10,16,18H,11H2,1H3. The van der Waals surface area contributed by atoms with Crippen LogP contribution in [0.2, 0.25) is 0 Å². The maximum atomic E-state index is 11.4. The first kappa shape index (κ1) is 13.8. The summed E-state index contributed by atoms with van der Waals surface area (Å²) in [6, 6.07) is 18.0. The van der Waals surface area contributed by atoms with Gasteiger partial charge < -0.3 is 5.32 Å². The van der Waals surface area contributed by atoms with Crippen molar-refractivity contribution in [1.82, 2.24) is 0 Å². The van der Waals surface area contributed by atoms with Crippen LogP contribution in [-0.2, 0) is 4.79 Å². The quantitative estimate of drug-likeness (QED) is 0.874. The van der Waals surface area contributed by atoms with E-state index in [1.165, 1.54) is 0 Å². The lowest BCUT2D eigenvalue weighted by Crippen LogP contribution is -2.14. The van der Waals surface area contributed by atoms with Gasteiger partial charge in [0.15, 0.2) is 0 Å². The molecule has 2 aromatic rings. The van der Waals surface area contributed by atoms with E-state index < -0.39 is 0 Å². The van der Waals surface area contributed by atoms with Gasteiger partial charge in [0.05, 0.1) is 6.04 Å². The molecule has 0 saturated carbocycles. The molecule has 0 aliphatic heterocycles. The summed E-state index contributed by atoms with van der Waals surface area (Å²) in [7, 11) is 0. The van der Waals surface area contributed by atoms with Crippen LogP contribution in [0, 0.1) is 0 Å². The molecule has 1 N–H and O–H groups in total. The second kappa shape index (κ2) is 6.53. The summed E-state index contributed by atoms with van der Waals surface area (Å²) in [6.07, 6.45) is 0.483. The number of anilines is 1. The molecule has 1 atom stereocenters. The van der Waals surface area contributed by atoms with E-state index in [1.54, 1.807) is 6.92 Å². The van der Waals surface area contributed by atoms with Gasteiger partial charge in [0.1, 0.15) is 5.78 Å². The highest BCUT2D eigenvalue weighted by Crippen LogP contribution is 2.24. The zero-order valence-electron chi connectivity index (χ0n) is 10.8. The number of rotatable bonds is 5. The molecular weight excluding hydrogens is 302 g/mol. The topological polar surface area (TPSA) is 29.1 Å². The Labute approximate surface area is 122 Å². The molecule has 0 bridgehead atoms. The van der Waals surface area contributed by atoms with Crippen molar-refractivity contribution in [3.05, 3.63) is 64.6 Å². The lowest BCUT2D eigenvalue weighted by Gasteiger charge is -2.19. The lowest BCUT2D eigenvalue weighted by atomic mass is 10.0. The highest BCUT2D eigenvalue weighted by atomic mass is 79.9. The third-order valence-corrected chi connectivity index (χ3v) is 3.41. The zero-order chi connectivity index (χ0) is 13.7. The number of halogens is 1. The van der Waals surface area contributed by atoms with E-state index in [2.05, 4.69) is 21.2 Å². The van der Waals surface area contributed by atoms with Crippen molar-refractivity contribution in [2.75, 3.05) is 5.32 Å². The second-order valence-electron chi connectivity index (χ2n) is 4.52. The first-order chi connectivity index (χ1) is 9.15. The number of nitrogens with one attached hydrogen (secondary N) is 1. The number of Topliss-reactive ketones (excluding diaryl/α,β-unsaturated/α-hetero) is 1. The summed E-state index contributed by atoms with van der Waals surface area (Å²) in [4.78, 5) is 11.4. The van der Waals surface area contributed by atoms with Gasteiger partial charge in [-0.1, -0.05) is 46.3 Å². The maximum absolute atomic E-state index is 11.4. The molecule has 2 rings (SSSR count). The van der Waals surface area contributed by atoms with Gasteiger partial charge in [-0.2, -0.15) is 0 Å². The Balaban J connectivity index is 2.20. The molecule has 0 aliphatic carbocycles. The van der Waals surface area contributed by atoms with Gasteiger partial charge in [-0.15, -0.1) is 0 Å². The van der Waals surface area contributed by atoms with Gasteiger partial charge in [-0.3, -0.25) is 4.79 Å².